The van der Waals surface area contributed by atoms with Gasteiger partial charge in [-0.1, -0.05) is 36.4 Å². The Morgan fingerprint density at radius 2 is 1.57 bits per heavy atom. The number of likely N-dealkylation sites (tertiary alicyclic amines) is 1. The molecule has 1 N–H and O–H groups in total. The average Bonchev–Trinajstić information content (AvgIpc) is 3.02. The van der Waals surface area contributed by atoms with Crippen LogP contribution in [0.3, 0.4) is 0 Å². The van der Waals surface area contributed by atoms with Crippen molar-refractivity contribution >= 4 is 11.7 Å². The number of hydrogen-bond donors (Lipinski definition) is 1. The molecule has 0 radical (unpaired) electrons. The van der Waals surface area contributed by atoms with E-state index >= 15 is 8.78 Å². The molecular weight excluding hydrogens is 617 g/mol. The fourth-order valence-corrected chi connectivity index (χ4v) is 7.63. The lowest BCUT2D eigenvalue weighted by molar-refractivity contribution is -0.155. The molecule has 0 aromatic heterocycles. The Morgan fingerprint density at radius 1 is 0.936 bits per heavy atom. The summed E-state index contributed by atoms with van der Waals surface area (Å²) in [6.07, 6.45) is -0.897. The van der Waals surface area contributed by atoms with Crippen molar-refractivity contribution in [3.8, 4) is 5.75 Å². The molecule has 2 atom stereocenters. The number of hydrogen-bond acceptors (Lipinski definition) is 5. The predicted molar refractivity (Wildman–Crippen MR) is 169 cm³/mol. The van der Waals surface area contributed by atoms with Crippen molar-refractivity contribution in [2.45, 2.75) is 63.9 Å². The average molecular weight is 658 g/mol. The molecule has 3 aliphatic rings. The van der Waals surface area contributed by atoms with Gasteiger partial charge in [0.15, 0.2) is 0 Å². The van der Waals surface area contributed by atoms with E-state index in [0.717, 1.165) is 36.1 Å². The fraction of sp³-hybridized carbons (Fsp3) is 0.472. The predicted octanol–water partition coefficient (Wildman–Crippen LogP) is 7.21. The van der Waals surface area contributed by atoms with E-state index in [9.17, 15) is 18.0 Å². The monoisotopic (exact) mass is 657 g/mol. The Labute approximate surface area is 271 Å². The van der Waals surface area contributed by atoms with E-state index in [1.165, 1.54) is 12.1 Å². The first kappa shape index (κ1) is 33.2. The highest BCUT2D eigenvalue weighted by molar-refractivity contribution is 5.69. The van der Waals surface area contributed by atoms with Crippen molar-refractivity contribution in [2.24, 2.45) is 5.41 Å². The molecule has 0 aliphatic carbocycles. The number of nitrogens with zero attached hydrogens (tertiary/aromatic N) is 3. The quantitative estimate of drug-likeness (QED) is 0.259. The maximum absolute atomic E-state index is 16.1. The summed E-state index contributed by atoms with van der Waals surface area (Å²) in [6.45, 7) is 3.29. The molecule has 0 amide bonds. The van der Waals surface area contributed by atoms with Gasteiger partial charge in [-0.25, -0.2) is 8.78 Å². The van der Waals surface area contributed by atoms with Gasteiger partial charge in [-0.2, -0.15) is 13.2 Å². The molecular formula is C36H40F5N3O3. The van der Waals surface area contributed by atoms with Gasteiger partial charge in [0.25, 0.3) is 0 Å². The summed E-state index contributed by atoms with van der Waals surface area (Å²) in [6, 6.07) is 15.2. The number of benzene rings is 3. The highest BCUT2D eigenvalue weighted by Gasteiger charge is 2.43. The minimum Gasteiger partial charge on any atom is -0.489 e. The summed E-state index contributed by atoms with van der Waals surface area (Å²) >= 11 is 0. The minimum atomic E-state index is -4.57. The highest BCUT2D eigenvalue weighted by Crippen LogP contribution is 2.45. The van der Waals surface area contributed by atoms with Gasteiger partial charge in [-0.3, -0.25) is 14.6 Å². The van der Waals surface area contributed by atoms with Crippen LogP contribution in [0.1, 0.15) is 60.9 Å². The number of alkyl halides is 3. The first-order valence-electron chi connectivity index (χ1n) is 16.2. The number of anilines is 1. The molecule has 11 heteroatoms. The summed E-state index contributed by atoms with van der Waals surface area (Å²) in [5, 5.41) is 9.10. The maximum Gasteiger partial charge on any atom is 0.401 e. The van der Waals surface area contributed by atoms with Crippen LogP contribution in [0.25, 0.3) is 0 Å². The Morgan fingerprint density at radius 3 is 2.19 bits per heavy atom. The van der Waals surface area contributed by atoms with Crippen LogP contribution in [0.4, 0.5) is 27.6 Å². The van der Waals surface area contributed by atoms with Crippen LogP contribution in [0.15, 0.2) is 60.7 Å². The van der Waals surface area contributed by atoms with Crippen molar-refractivity contribution < 1.29 is 36.6 Å². The summed E-state index contributed by atoms with van der Waals surface area (Å²) in [5.74, 6) is -2.05. The molecule has 3 aromatic carbocycles. The molecule has 0 bridgehead atoms. The maximum atomic E-state index is 16.1. The SMILES string of the molecule is C[C@@H]1Cc2cc(OCc3ccccc3)ccc2C(c2c(F)cc(N3CCC4(CCN(CC(=O)O)CC4)CC3)cc2F)N1CC(F)(F)F. The molecule has 252 valence electrons. The lowest BCUT2D eigenvalue weighted by Gasteiger charge is -2.47. The van der Waals surface area contributed by atoms with Crippen LogP contribution >= 0.6 is 0 Å². The number of fused-ring (bicyclic) bond motifs is 1. The van der Waals surface area contributed by atoms with Crippen LogP contribution in [0.2, 0.25) is 0 Å². The molecule has 1 unspecified atom stereocenters. The number of carboxylic acids is 1. The Balaban J connectivity index is 1.24. The first-order chi connectivity index (χ1) is 22.4. The molecule has 2 fully saturated rings. The van der Waals surface area contributed by atoms with E-state index in [1.54, 1.807) is 25.1 Å². The van der Waals surface area contributed by atoms with Gasteiger partial charge in [0.05, 0.1) is 19.1 Å². The molecule has 47 heavy (non-hydrogen) atoms. The lowest BCUT2D eigenvalue weighted by atomic mass is 9.71. The lowest BCUT2D eigenvalue weighted by Crippen LogP contribution is -2.48. The Kier molecular flexibility index (Phi) is 9.49. The van der Waals surface area contributed by atoms with E-state index < -0.39 is 42.4 Å². The van der Waals surface area contributed by atoms with Gasteiger partial charge >= 0.3 is 12.1 Å². The van der Waals surface area contributed by atoms with Crippen LogP contribution < -0.4 is 9.64 Å². The molecule has 2 saturated heterocycles. The van der Waals surface area contributed by atoms with E-state index in [-0.39, 0.29) is 23.9 Å². The van der Waals surface area contributed by atoms with Gasteiger partial charge in [0.2, 0.25) is 0 Å². The second kappa shape index (κ2) is 13.4. The van der Waals surface area contributed by atoms with Crippen LogP contribution in [0.5, 0.6) is 5.75 Å². The standard InChI is InChI=1S/C36H40F5N3O3/c1-24-17-26-18-28(47-22-25-5-3-2-4-6-25)7-8-29(26)34(44(24)23-36(39,40)41)33-30(37)19-27(20-31(33)38)43-15-11-35(12-16-43)9-13-42(14-10-35)21-32(45)46/h2-8,18-20,24,34H,9-17,21-23H2,1H3,(H,45,46)/t24-,34?/m1/s1. The molecule has 0 saturated carbocycles. The van der Waals surface area contributed by atoms with Crippen LogP contribution in [-0.2, 0) is 17.8 Å². The van der Waals surface area contributed by atoms with E-state index in [4.69, 9.17) is 9.84 Å². The van der Waals surface area contributed by atoms with Gasteiger partial charge in [0.1, 0.15) is 24.0 Å². The number of carboxylic acid groups (broad SMARTS) is 1. The van der Waals surface area contributed by atoms with Crippen LogP contribution in [-0.4, -0.2) is 72.4 Å². The third kappa shape index (κ3) is 7.56. The van der Waals surface area contributed by atoms with Crippen molar-refractivity contribution in [1.29, 1.82) is 0 Å². The highest BCUT2D eigenvalue weighted by atomic mass is 19.4. The molecule has 3 aliphatic heterocycles. The van der Waals surface area contributed by atoms with Crippen molar-refractivity contribution in [3.63, 3.8) is 0 Å². The van der Waals surface area contributed by atoms with Crippen LogP contribution in [0, 0.1) is 17.0 Å². The third-order valence-corrected chi connectivity index (χ3v) is 10.2. The van der Waals surface area contributed by atoms with Gasteiger partial charge in [-0.15, -0.1) is 0 Å². The fourth-order valence-electron chi connectivity index (χ4n) is 7.63. The largest absolute Gasteiger partial charge is 0.489 e. The number of halogens is 5. The third-order valence-electron chi connectivity index (χ3n) is 10.2. The Hall–Kier alpha value is -3.70. The van der Waals surface area contributed by atoms with Gasteiger partial charge in [-0.05, 0) is 98.5 Å². The zero-order chi connectivity index (χ0) is 33.3. The Bertz CT molecular complexity index is 1540. The van der Waals surface area contributed by atoms with Crippen molar-refractivity contribution in [2.75, 3.05) is 44.2 Å². The summed E-state index contributed by atoms with van der Waals surface area (Å²) in [7, 11) is 0. The number of piperidine rings is 2. The second-order valence-electron chi connectivity index (χ2n) is 13.4. The second-order valence-corrected chi connectivity index (χ2v) is 13.4. The minimum absolute atomic E-state index is 0.0287. The van der Waals surface area contributed by atoms with Crippen molar-refractivity contribution in [3.05, 3.63) is 94.6 Å². The normalized spacial score (nSPS) is 21.9. The zero-order valence-corrected chi connectivity index (χ0v) is 26.4. The van der Waals surface area contributed by atoms with E-state index in [2.05, 4.69) is 0 Å². The van der Waals surface area contributed by atoms with Crippen molar-refractivity contribution in [1.82, 2.24) is 9.80 Å². The summed E-state index contributed by atoms with van der Waals surface area (Å²) < 4.78 is 79.7. The molecule has 6 nitrogen and oxygen atoms in total. The molecule has 3 heterocycles. The van der Waals surface area contributed by atoms with Gasteiger partial charge in [0, 0.05) is 30.4 Å². The summed E-state index contributed by atoms with van der Waals surface area (Å²) in [5.41, 5.74) is 2.15. The molecule has 6 rings (SSSR count). The van der Waals surface area contributed by atoms with E-state index in [0.29, 0.717) is 55.3 Å². The van der Waals surface area contributed by atoms with Gasteiger partial charge < -0.3 is 14.7 Å². The molecule has 1 spiro atoms. The first-order valence-corrected chi connectivity index (χ1v) is 16.2. The number of carbonyl (C=O) groups is 1. The zero-order valence-electron chi connectivity index (χ0n) is 26.4. The smallest absolute Gasteiger partial charge is 0.401 e. The topological polar surface area (TPSA) is 56.3 Å². The molecule has 3 aromatic rings. The number of ether oxygens (including phenoxy) is 1. The number of aliphatic carboxylic acids is 1. The van der Waals surface area contributed by atoms with E-state index in [1.807, 2.05) is 40.1 Å². The summed E-state index contributed by atoms with van der Waals surface area (Å²) in [4.78, 5) is 16.1. The number of rotatable bonds is 8.